The van der Waals surface area contributed by atoms with E-state index in [1.807, 2.05) is 31.2 Å². The summed E-state index contributed by atoms with van der Waals surface area (Å²) in [5.41, 5.74) is 3.15. The van der Waals surface area contributed by atoms with Gasteiger partial charge in [0.1, 0.15) is 5.69 Å². The van der Waals surface area contributed by atoms with Gasteiger partial charge in [0.15, 0.2) is 0 Å². The van der Waals surface area contributed by atoms with Crippen molar-refractivity contribution >= 4 is 11.9 Å². The Morgan fingerprint density at radius 3 is 2.75 bits per heavy atom. The molecule has 0 bridgehead atoms. The number of aromatic nitrogens is 2. The first-order valence-electron chi connectivity index (χ1n) is 7.90. The smallest absolute Gasteiger partial charge is 0.309 e. The maximum Gasteiger partial charge on any atom is 0.309 e. The van der Waals surface area contributed by atoms with E-state index >= 15 is 0 Å². The van der Waals surface area contributed by atoms with Gasteiger partial charge in [-0.05, 0) is 13.0 Å². The van der Waals surface area contributed by atoms with Gasteiger partial charge in [0.05, 0.1) is 11.6 Å². The number of aromatic amines is 1. The van der Waals surface area contributed by atoms with Crippen LogP contribution in [0.4, 0.5) is 0 Å². The van der Waals surface area contributed by atoms with Crippen molar-refractivity contribution in [2.75, 3.05) is 26.2 Å². The summed E-state index contributed by atoms with van der Waals surface area (Å²) in [4.78, 5) is 25.4. The van der Waals surface area contributed by atoms with Crippen LogP contribution in [0.5, 0.6) is 0 Å². The van der Waals surface area contributed by atoms with Crippen molar-refractivity contribution in [2.45, 2.75) is 6.92 Å². The lowest BCUT2D eigenvalue weighted by Gasteiger charge is -2.21. The van der Waals surface area contributed by atoms with Crippen molar-refractivity contribution in [3.05, 3.63) is 41.6 Å². The molecule has 2 heterocycles. The molecule has 3 rings (SSSR count). The molecule has 7 nitrogen and oxygen atoms in total. The minimum atomic E-state index is -0.896. The molecule has 0 saturated carbocycles. The largest absolute Gasteiger partial charge is 0.481 e. The Balaban J connectivity index is 1.77. The molecule has 0 unspecified atom stereocenters. The van der Waals surface area contributed by atoms with Gasteiger partial charge in [-0.3, -0.25) is 14.7 Å². The molecule has 1 saturated heterocycles. The molecule has 0 aliphatic carbocycles. The highest BCUT2D eigenvalue weighted by atomic mass is 16.4. The topological polar surface area (TPSA) is 98.3 Å². The minimum Gasteiger partial charge on any atom is -0.481 e. The highest BCUT2D eigenvalue weighted by molar-refractivity contribution is 5.93. The molecule has 24 heavy (non-hydrogen) atoms. The fourth-order valence-electron chi connectivity index (χ4n) is 2.74. The van der Waals surface area contributed by atoms with Crippen molar-refractivity contribution in [3.8, 4) is 11.3 Å². The molecule has 0 radical (unpaired) electrons. The number of carboxylic acids is 1. The van der Waals surface area contributed by atoms with E-state index in [4.69, 9.17) is 0 Å². The Bertz CT molecular complexity index is 739. The van der Waals surface area contributed by atoms with E-state index in [0.29, 0.717) is 31.0 Å². The summed E-state index contributed by atoms with van der Waals surface area (Å²) in [6, 6.07) is 9.60. The van der Waals surface area contributed by atoms with E-state index in [2.05, 4.69) is 15.5 Å². The molecule has 1 amide bonds. The zero-order valence-electron chi connectivity index (χ0n) is 13.5. The van der Waals surface area contributed by atoms with E-state index in [0.717, 1.165) is 11.1 Å². The lowest BCUT2D eigenvalue weighted by atomic mass is 10.1. The zero-order chi connectivity index (χ0) is 17.1. The second-order valence-electron chi connectivity index (χ2n) is 6.02. The minimum absolute atomic E-state index is 0.194. The summed E-state index contributed by atoms with van der Waals surface area (Å²) in [6.07, 6.45) is 0. The van der Waals surface area contributed by atoms with Crippen molar-refractivity contribution < 1.29 is 14.7 Å². The van der Waals surface area contributed by atoms with Crippen LogP contribution in [0.3, 0.4) is 0 Å². The number of aliphatic carboxylic acids is 1. The molecule has 1 aliphatic rings. The first kappa shape index (κ1) is 16.2. The summed E-state index contributed by atoms with van der Waals surface area (Å²) >= 11 is 0. The normalized spacial score (nSPS) is 18.2. The van der Waals surface area contributed by atoms with Crippen molar-refractivity contribution in [1.82, 2.24) is 20.4 Å². The van der Waals surface area contributed by atoms with Crippen LogP contribution in [0.1, 0.15) is 16.1 Å². The first-order chi connectivity index (χ1) is 11.5. The lowest BCUT2D eigenvalue weighted by molar-refractivity contribution is -0.141. The Morgan fingerprint density at radius 2 is 2.04 bits per heavy atom. The molecule has 1 fully saturated rings. The van der Waals surface area contributed by atoms with Crippen LogP contribution in [0.15, 0.2) is 30.3 Å². The second kappa shape index (κ2) is 6.84. The van der Waals surface area contributed by atoms with Gasteiger partial charge in [-0.25, -0.2) is 0 Å². The molecule has 2 aromatic rings. The third-order valence-electron chi connectivity index (χ3n) is 4.18. The molecule has 126 valence electrons. The predicted octanol–water partition coefficient (Wildman–Crippen LogP) is 1.13. The Morgan fingerprint density at radius 1 is 1.29 bits per heavy atom. The van der Waals surface area contributed by atoms with E-state index in [1.54, 1.807) is 11.0 Å². The van der Waals surface area contributed by atoms with Crippen LogP contribution in [-0.2, 0) is 4.79 Å². The van der Waals surface area contributed by atoms with Crippen LogP contribution in [0.25, 0.3) is 11.3 Å². The monoisotopic (exact) mass is 328 g/mol. The number of nitrogens with one attached hydrogen (secondary N) is 2. The van der Waals surface area contributed by atoms with Gasteiger partial charge in [-0.15, -0.1) is 0 Å². The molecule has 1 aromatic heterocycles. The van der Waals surface area contributed by atoms with E-state index in [-0.39, 0.29) is 12.5 Å². The number of amides is 1. The molecule has 7 heteroatoms. The number of hydrogen-bond donors (Lipinski definition) is 3. The third kappa shape index (κ3) is 3.46. The van der Waals surface area contributed by atoms with Gasteiger partial charge in [0.2, 0.25) is 0 Å². The van der Waals surface area contributed by atoms with E-state index in [1.165, 1.54) is 0 Å². The number of hydrogen-bond acceptors (Lipinski definition) is 4. The van der Waals surface area contributed by atoms with Gasteiger partial charge in [-0.1, -0.05) is 29.8 Å². The Kier molecular flexibility index (Phi) is 4.61. The average molecular weight is 328 g/mol. The van der Waals surface area contributed by atoms with Gasteiger partial charge in [0.25, 0.3) is 5.91 Å². The van der Waals surface area contributed by atoms with Gasteiger partial charge < -0.3 is 15.3 Å². The molecule has 3 N–H and O–H groups in total. The number of rotatable bonds is 3. The van der Waals surface area contributed by atoms with Crippen LogP contribution < -0.4 is 5.32 Å². The van der Waals surface area contributed by atoms with Crippen molar-refractivity contribution in [1.29, 1.82) is 0 Å². The zero-order valence-corrected chi connectivity index (χ0v) is 13.5. The Hall–Kier alpha value is -2.67. The molecule has 1 aromatic carbocycles. The second-order valence-corrected chi connectivity index (χ2v) is 6.02. The molecule has 0 spiro atoms. The van der Waals surface area contributed by atoms with Gasteiger partial charge >= 0.3 is 5.97 Å². The van der Waals surface area contributed by atoms with E-state index in [9.17, 15) is 14.7 Å². The average Bonchev–Trinajstić information content (AvgIpc) is 2.92. The molecule has 1 atom stereocenters. The number of nitrogens with zero attached hydrogens (tertiary/aromatic N) is 2. The summed E-state index contributed by atoms with van der Waals surface area (Å²) in [5, 5.41) is 19.2. The maximum absolute atomic E-state index is 12.7. The van der Waals surface area contributed by atoms with Crippen molar-refractivity contribution in [3.63, 3.8) is 0 Å². The molecular weight excluding hydrogens is 308 g/mol. The fourth-order valence-corrected chi connectivity index (χ4v) is 2.74. The lowest BCUT2D eigenvalue weighted by Crippen LogP contribution is -2.38. The van der Waals surface area contributed by atoms with Gasteiger partial charge in [0, 0.05) is 31.7 Å². The number of aryl methyl sites for hydroxylation is 1. The van der Waals surface area contributed by atoms with Crippen LogP contribution in [-0.4, -0.2) is 58.3 Å². The van der Waals surface area contributed by atoms with Crippen molar-refractivity contribution in [2.24, 2.45) is 5.92 Å². The van der Waals surface area contributed by atoms with Crippen LogP contribution in [0.2, 0.25) is 0 Å². The highest BCUT2D eigenvalue weighted by Crippen LogP contribution is 2.19. The summed E-state index contributed by atoms with van der Waals surface area (Å²) in [5.74, 6) is -1.72. The molecule has 1 aliphatic heterocycles. The summed E-state index contributed by atoms with van der Waals surface area (Å²) < 4.78 is 0. The fraction of sp³-hybridized carbons (Fsp3) is 0.353. The quantitative estimate of drug-likeness (QED) is 0.784. The summed E-state index contributed by atoms with van der Waals surface area (Å²) in [7, 11) is 0. The predicted molar refractivity (Wildman–Crippen MR) is 88.7 cm³/mol. The van der Waals surface area contributed by atoms with Crippen LogP contribution >= 0.6 is 0 Å². The number of H-pyrrole nitrogens is 1. The number of carbonyl (C=O) groups is 2. The number of carboxylic acid groups (broad SMARTS) is 1. The SMILES string of the molecule is Cc1ccc(-c2cc(C(=O)N3CCNC[C@@H](C(=O)O)C3)[nH]n2)cc1. The third-order valence-corrected chi connectivity index (χ3v) is 4.18. The Labute approximate surface area is 139 Å². The van der Waals surface area contributed by atoms with Gasteiger partial charge in [-0.2, -0.15) is 5.10 Å². The highest BCUT2D eigenvalue weighted by Gasteiger charge is 2.27. The molecular formula is C17H20N4O3. The van der Waals surface area contributed by atoms with E-state index < -0.39 is 11.9 Å². The maximum atomic E-state index is 12.7. The van der Waals surface area contributed by atoms with Crippen LogP contribution in [0, 0.1) is 12.8 Å². The number of benzene rings is 1. The first-order valence-corrected chi connectivity index (χ1v) is 7.90. The summed E-state index contributed by atoms with van der Waals surface area (Å²) in [6.45, 7) is 3.63. The standard InChI is InChI=1S/C17H20N4O3/c1-11-2-4-12(5-3-11)14-8-15(20-19-14)16(22)21-7-6-18-9-13(10-21)17(23)24/h2-5,8,13,18H,6-7,9-10H2,1H3,(H,19,20)(H,23,24)/t13-/m1/s1. The number of carbonyl (C=O) groups excluding carboxylic acids is 1.